The van der Waals surface area contributed by atoms with Crippen molar-refractivity contribution >= 4 is 23.2 Å². The summed E-state index contributed by atoms with van der Waals surface area (Å²) in [4.78, 5) is 14.9. The molecule has 0 saturated carbocycles. The van der Waals surface area contributed by atoms with Gasteiger partial charge in [0.1, 0.15) is 11.6 Å². The van der Waals surface area contributed by atoms with Gasteiger partial charge in [0.15, 0.2) is 0 Å². The Labute approximate surface area is 108 Å². The summed E-state index contributed by atoms with van der Waals surface area (Å²) in [6.07, 6.45) is 1.22. The first-order valence-electron chi connectivity index (χ1n) is 5.50. The number of benzene rings is 1. The Kier molecular flexibility index (Phi) is 3.33. The maximum absolute atomic E-state index is 13.6. The normalized spacial score (nSPS) is 10.2. The van der Waals surface area contributed by atoms with Gasteiger partial charge in [-0.3, -0.25) is 0 Å². The number of nitrogens with two attached hydrogens (primary N) is 1. The van der Waals surface area contributed by atoms with E-state index in [1.807, 2.05) is 0 Å². The largest absolute Gasteiger partial charge is 0.478 e. The number of nitrogens with zero attached hydrogens (tertiary/aromatic N) is 1. The van der Waals surface area contributed by atoms with Gasteiger partial charge >= 0.3 is 5.97 Å². The van der Waals surface area contributed by atoms with Gasteiger partial charge < -0.3 is 16.2 Å². The van der Waals surface area contributed by atoms with Gasteiger partial charge in [0.25, 0.3) is 0 Å². The Balaban J connectivity index is 2.39. The number of carboxylic acids is 1. The number of carbonyl (C=O) groups is 1. The number of nitrogen functional groups attached to an aromatic ring is 1. The fourth-order valence-corrected chi connectivity index (χ4v) is 1.64. The summed E-state index contributed by atoms with van der Waals surface area (Å²) in [5.74, 6) is -1.37. The first-order chi connectivity index (χ1) is 8.99. The first-order valence-corrected chi connectivity index (χ1v) is 5.50. The Bertz CT molecular complexity index is 624. The molecule has 0 atom stereocenters. The molecule has 6 heteroatoms. The van der Waals surface area contributed by atoms with Gasteiger partial charge in [-0.1, -0.05) is 12.1 Å². The highest BCUT2D eigenvalue weighted by Crippen LogP contribution is 2.24. The Morgan fingerprint density at radius 1 is 1.47 bits per heavy atom. The van der Waals surface area contributed by atoms with E-state index in [2.05, 4.69) is 10.3 Å². The van der Waals surface area contributed by atoms with Crippen LogP contribution < -0.4 is 11.1 Å². The van der Waals surface area contributed by atoms with Crippen LogP contribution in [0.1, 0.15) is 15.9 Å². The number of aromatic nitrogens is 1. The van der Waals surface area contributed by atoms with Crippen LogP contribution in [0.5, 0.6) is 0 Å². The number of hydrogen-bond acceptors (Lipinski definition) is 4. The molecule has 0 spiro atoms. The molecule has 0 fully saturated rings. The van der Waals surface area contributed by atoms with Crippen molar-refractivity contribution in [2.45, 2.75) is 6.92 Å². The quantitative estimate of drug-likeness (QED) is 0.790. The molecule has 2 aromatic rings. The van der Waals surface area contributed by atoms with Gasteiger partial charge in [0, 0.05) is 0 Å². The molecule has 1 aromatic carbocycles. The molecule has 0 aliphatic carbocycles. The third-order valence-electron chi connectivity index (χ3n) is 2.64. The summed E-state index contributed by atoms with van der Waals surface area (Å²) in [5, 5.41) is 11.7. The van der Waals surface area contributed by atoms with Crippen LogP contribution >= 0.6 is 0 Å². The third-order valence-corrected chi connectivity index (χ3v) is 2.64. The fraction of sp³-hybridized carbons (Fsp3) is 0.0769. The molecule has 0 unspecified atom stereocenters. The lowest BCUT2D eigenvalue weighted by Gasteiger charge is -2.10. The molecule has 0 bridgehead atoms. The van der Waals surface area contributed by atoms with Gasteiger partial charge in [-0.25, -0.2) is 14.2 Å². The minimum absolute atomic E-state index is 0.0586. The molecule has 2 rings (SSSR count). The van der Waals surface area contributed by atoms with E-state index in [0.717, 1.165) is 0 Å². The topological polar surface area (TPSA) is 88.2 Å². The molecule has 0 aliphatic rings. The van der Waals surface area contributed by atoms with Crippen molar-refractivity contribution < 1.29 is 14.3 Å². The first kappa shape index (κ1) is 12.8. The number of rotatable bonds is 3. The number of nitrogens with one attached hydrogen (secondary N) is 1. The van der Waals surface area contributed by atoms with Gasteiger partial charge in [0.05, 0.1) is 23.1 Å². The molecule has 1 heterocycles. The van der Waals surface area contributed by atoms with E-state index >= 15 is 0 Å². The fourth-order valence-electron chi connectivity index (χ4n) is 1.64. The van der Waals surface area contributed by atoms with E-state index in [-0.39, 0.29) is 22.8 Å². The third kappa shape index (κ3) is 2.62. The van der Waals surface area contributed by atoms with Crippen LogP contribution in [0, 0.1) is 12.7 Å². The van der Waals surface area contributed by atoms with Crippen LogP contribution in [0.4, 0.5) is 21.6 Å². The standard InChI is InChI=1S/C13H12FN3O2/c1-7-3-2-4-9(14)12(7)17-11-5-8(13(18)19)10(15)6-16-11/h2-6H,15H2,1H3,(H,16,17)(H,18,19). The van der Waals surface area contributed by atoms with Crippen LogP contribution in [0.2, 0.25) is 0 Å². The second kappa shape index (κ2) is 4.93. The van der Waals surface area contributed by atoms with Crippen molar-refractivity contribution in [1.29, 1.82) is 0 Å². The van der Waals surface area contributed by atoms with Crippen LogP contribution in [0.15, 0.2) is 30.5 Å². The molecule has 4 N–H and O–H groups in total. The molecule has 19 heavy (non-hydrogen) atoms. The predicted molar refractivity (Wildman–Crippen MR) is 70.0 cm³/mol. The summed E-state index contributed by atoms with van der Waals surface area (Å²) in [6.45, 7) is 1.74. The number of hydrogen-bond donors (Lipinski definition) is 3. The predicted octanol–water partition coefficient (Wildman–Crippen LogP) is 2.55. The minimum atomic E-state index is -1.16. The summed E-state index contributed by atoms with van der Waals surface area (Å²) in [6, 6.07) is 5.91. The number of aryl methyl sites for hydroxylation is 1. The molecule has 5 nitrogen and oxygen atoms in total. The summed E-state index contributed by atoms with van der Waals surface area (Å²) < 4.78 is 13.6. The molecule has 0 radical (unpaired) electrons. The zero-order chi connectivity index (χ0) is 14.0. The van der Waals surface area contributed by atoms with Gasteiger partial charge in [0.2, 0.25) is 0 Å². The smallest absolute Gasteiger partial charge is 0.337 e. The van der Waals surface area contributed by atoms with E-state index in [9.17, 15) is 9.18 Å². The molecule has 0 amide bonds. The molecular weight excluding hydrogens is 249 g/mol. The highest BCUT2D eigenvalue weighted by atomic mass is 19.1. The lowest BCUT2D eigenvalue weighted by molar-refractivity contribution is 0.0698. The Morgan fingerprint density at radius 2 is 2.21 bits per heavy atom. The molecular formula is C13H12FN3O2. The minimum Gasteiger partial charge on any atom is -0.478 e. The van der Waals surface area contributed by atoms with Gasteiger partial charge in [-0.2, -0.15) is 0 Å². The molecule has 0 aliphatic heterocycles. The van der Waals surface area contributed by atoms with Crippen molar-refractivity contribution in [2.75, 3.05) is 11.1 Å². The number of anilines is 3. The number of halogens is 1. The van der Waals surface area contributed by atoms with Crippen LogP contribution in [-0.4, -0.2) is 16.1 Å². The monoisotopic (exact) mass is 261 g/mol. The van der Waals surface area contributed by atoms with Crippen LogP contribution in [-0.2, 0) is 0 Å². The zero-order valence-corrected chi connectivity index (χ0v) is 10.1. The van der Waals surface area contributed by atoms with Gasteiger partial charge in [-0.05, 0) is 24.6 Å². The van der Waals surface area contributed by atoms with E-state index in [1.54, 1.807) is 19.1 Å². The SMILES string of the molecule is Cc1cccc(F)c1Nc1cc(C(=O)O)c(N)cn1. The van der Waals surface area contributed by atoms with E-state index in [1.165, 1.54) is 18.3 Å². The van der Waals surface area contributed by atoms with Crippen molar-refractivity contribution in [1.82, 2.24) is 4.98 Å². The van der Waals surface area contributed by atoms with Crippen molar-refractivity contribution in [3.8, 4) is 0 Å². The van der Waals surface area contributed by atoms with Crippen molar-refractivity contribution in [2.24, 2.45) is 0 Å². The number of para-hydroxylation sites is 1. The zero-order valence-electron chi connectivity index (χ0n) is 10.1. The number of pyridine rings is 1. The second-order valence-electron chi connectivity index (χ2n) is 4.02. The maximum atomic E-state index is 13.6. The lowest BCUT2D eigenvalue weighted by atomic mass is 10.2. The van der Waals surface area contributed by atoms with E-state index < -0.39 is 11.8 Å². The number of carboxylic acid groups (broad SMARTS) is 1. The lowest BCUT2D eigenvalue weighted by Crippen LogP contribution is -2.06. The van der Waals surface area contributed by atoms with Crippen LogP contribution in [0.3, 0.4) is 0 Å². The second-order valence-corrected chi connectivity index (χ2v) is 4.02. The average molecular weight is 261 g/mol. The summed E-state index contributed by atoms with van der Waals surface area (Å²) in [7, 11) is 0. The van der Waals surface area contributed by atoms with Gasteiger partial charge in [-0.15, -0.1) is 0 Å². The van der Waals surface area contributed by atoms with E-state index in [4.69, 9.17) is 10.8 Å². The Hall–Kier alpha value is -2.63. The molecule has 1 aromatic heterocycles. The van der Waals surface area contributed by atoms with Crippen molar-refractivity contribution in [3.63, 3.8) is 0 Å². The number of aromatic carboxylic acids is 1. The van der Waals surface area contributed by atoms with E-state index in [0.29, 0.717) is 5.56 Å². The van der Waals surface area contributed by atoms with Crippen LogP contribution in [0.25, 0.3) is 0 Å². The summed E-state index contributed by atoms with van der Waals surface area (Å²) in [5.41, 5.74) is 6.43. The molecule has 98 valence electrons. The maximum Gasteiger partial charge on any atom is 0.337 e. The highest BCUT2D eigenvalue weighted by molar-refractivity contribution is 5.94. The highest BCUT2D eigenvalue weighted by Gasteiger charge is 2.11. The van der Waals surface area contributed by atoms with Crippen molar-refractivity contribution in [3.05, 3.63) is 47.4 Å². The molecule has 0 saturated heterocycles. The Morgan fingerprint density at radius 3 is 2.84 bits per heavy atom. The summed E-state index contributed by atoms with van der Waals surface area (Å²) >= 11 is 0. The average Bonchev–Trinajstić information content (AvgIpc) is 2.35.